The SMILES string of the molecule is Cc1sc(C2CCC2)nc1C1CCCN1. The number of thiazole rings is 1. The molecule has 2 aliphatic rings. The summed E-state index contributed by atoms with van der Waals surface area (Å²) in [6.07, 6.45) is 6.71. The Morgan fingerprint density at radius 3 is 2.73 bits per heavy atom. The van der Waals surface area contributed by atoms with Crippen LogP contribution in [0.5, 0.6) is 0 Å². The number of hydrogen-bond acceptors (Lipinski definition) is 3. The van der Waals surface area contributed by atoms with Crippen molar-refractivity contribution in [2.75, 3.05) is 6.54 Å². The highest BCUT2D eigenvalue weighted by atomic mass is 32.1. The monoisotopic (exact) mass is 222 g/mol. The molecular formula is C12H18N2S. The Balaban J connectivity index is 1.84. The Bertz CT molecular complexity index is 349. The molecule has 1 aliphatic heterocycles. The summed E-state index contributed by atoms with van der Waals surface area (Å²) in [4.78, 5) is 6.31. The molecule has 1 saturated heterocycles. The van der Waals surface area contributed by atoms with Crippen LogP contribution in [0.4, 0.5) is 0 Å². The van der Waals surface area contributed by atoms with Crippen LogP contribution < -0.4 is 5.32 Å². The van der Waals surface area contributed by atoms with Crippen molar-refractivity contribution < 1.29 is 0 Å². The molecule has 2 nitrogen and oxygen atoms in total. The van der Waals surface area contributed by atoms with Gasteiger partial charge >= 0.3 is 0 Å². The summed E-state index contributed by atoms with van der Waals surface area (Å²) < 4.78 is 0. The highest BCUT2D eigenvalue weighted by molar-refractivity contribution is 7.11. The van der Waals surface area contributed by atoms with Gasteiger partial charge in [-0.15, -0.1) is 11.3 Å². The number of nitrogens with one attached hydrogen (secondary N) is 1. The van der Waals surface area contributed by atoms with E-state index in [1.54, 1.807) is 0 Å². The van der Waals surface area contributed by atoms with Crippen LogP contribution in [0.2, 0.25) is 0 Å². The highest BCUT2D eigenvalue weighted by Gasteiger charge is 2.27. The van der Waals surface area contributed by atoms with E-state index in [4.69, 9.17) is 4.98 Å². The molecule has 0 radical (unpaired) electrons. The molecule has 3 rings (SSSR count). The maximum absolute atomic E-state index is 4.87. The van der Waals surface area contributed by atoms with Gasteiger partial charge in [-0.1, -0.05) is 6.42 Å². The van der Waals surface area contributed by atoms with Gasteiger partial charge in [0.05, 0.1) is 16.7 Å². The molecule has 0 aromatic carbocycles. The van der Waals surface area contributed by atoms with Crippen LogP contribution in [0.3, 0.4) is 0 Å². The smallest absolute Gasteiger partial charge is 0.0962 e. The lowest BCUT2D eigenvalue weighted by molar-refractivity contribution is 0.417. The van der Waals surface area contributed by atoms with Crippen LogP contribution in [0.25, 0.3) is 0 Å². The van der Waals surface area contributed by atoms with Gasteiger partial charge in [-0.3, -0.25) is 0 Å². The van der Waals surface area contributed by atoms with Crippen molar-refractivity contribution in [3.05, 3.63) is 15.6 Å². The van der Waals surface area contributed by atoms with Crippen LogP contribution in [0, 0.1) is 6.92 Å². The molecule has 1 aromatic rings. The van der Waals surface area contributed by atoms with E-state index in [2.05, 4.69) is 12.2 Å². The summed E-state index contributed by atoms with van der Waals surface area (Å²) in [5.41, 5.74) is 1.35. The molecule has 1 atom stereocenters. The number of nitrogens with zero attached hydrogens (tertiary/aromatic N) is 1. The third-order valence-electron chi connectivity index (χ3n) is 3.69. The lowest BCUT2D eigenvalue weighted by Crippen LogP contribution is -2.14. The molecule has 1 aromatic heterocycles. The first kappa shape index (κ1) is 9.79. The van der Waals surface area contributed by atoms with Gasteiger partial charge in [0.1, 0.15) is 0 Å². The van der Waals surface area contributed by atoms with E-state index >= 15 is 0 Å². The Morgan fingerprint density at radius 2 is 2.13 bits per heavy atom. The van der Waals surface area contributed by atoms with E-state index in [1.807, 2.05) is 11.3 Å². The zero-order valence-electron chi connectivity index (χ0n) is 9.25. The largest absolute Gasteiger partial charge is 0.309 e. The zero-order valence-corrected chi connectivity index (χ0v) is 10.1. The second-order valence-corrected chi connectivity index (χ2v) is 6.01. The van der Waals surface area contributed by atoms with Gasteiger partial charge in [-0.2, -0.15) is 0 Å². The first-order valence-corrected chi connectivity index (χ1v) is 6.87. The van der Waals surface area contributed by atoms with Crippen molar-refractivity contribution in [3.8, 4) is 0 Å². The minimum atomic E-state index is 0.551. The lowest BCUT2D eigenvalue weighted by Gasteiger charge is -2.22. The van der Waals surface area contributed by atoms with Gasteiger partial charge in [-0.25, -0.2) is 4.98 Å². The average Bonchev–Trinajstić information content (AvgIpc) is 2.70. The first-order valence-electron chi connectivity index (χ1n) is 6.05. The van der Waals surface area contributed by atoms with Crippen LogP contribution in [-0.2, 0) is 0 Å². The van der Waals surface area contributed by atoms with Gasteiger partial charge in [0.2, 0.25) is 0 Å². The van der Waals surface area contributed by atoms with Crippen molar-refractivity contribution in [2.24, 2.45) is 0 Å². The van der Waals surface area contributed by atoms with Gasteiger partial charge in [0.25, 0.3) is 0 Å². The van der Waals surface area contributed by atoms with Crippen molar-refractivity contribution in [3.63, 3.8) is 0 Å². The highest BCUT2D eigenvalue weighted by Crippen LogP contribution is 2.40. The predicted molar refractivity (Wildman–Crippen MR) is 63.4 cm³/mol. The molecule has 1 aliphatic carbocycles. The van der Waals surface area contributed by atoms with E-state index < -0.39 is 0 Å². The third-order valence-corrected chi connectivity index (χ3v) is 4.84. The Morgan fingerprint density at radius 1 is 1.27 bits per heavy atom. The fraction of sp³-hybridized carbons (Fsp3) is 0.750. The van der Waals surface area contributed by atoms with Gasteiger partial charge in [0.15, 0.2) is 0 Å². The lowest BCUT2D eigenvalue weighted by atomic mass is 9.86. The van der Waals surface area contributed by atoms with Crippen molar-refractivity contribution in [1.82, 2.24) is 10.3 Å². The summed E-state index contributed by atoms with van der Waals surface area (Å²) in [5.74, 6) is 0.795. The fourth-order valence-corrected chi connectivity index (χ4v) is 3.65. The van der Waals surface area contributed by atoms with E-state index in [9.17, 15) is 0 Å². The number of aryl methyl sites for hydroxylation is 1. The van der Waals surface area contributed by atoms with Crippen molar-refractivity contribution in [2.45, 2.75) is 51.0 Å². The van der Waals surface area contributed by atoms with Gasteiger partial charge < -0.3 is 5.32 Å². The van der Waals surface area contributed by atoms with Gasteiger partial charge in [-0.05, 0) is 39.2 Å². The third kappa shape index (κ3) is 1.72. The molecular weight excluding hydrogens is 204 g/mol. The second-order valence-electron chi connectivity index (χ2n) is 4.77. The van der Waals surface area contributed by atoms with E-state index in [1.165, 1.54) is 54.2 Å². The van der Waals surface area contributed by atoms with E-state index in [-0.39, 0.29) is 0 Å². The Kier molecular flexibility index (Phi) is 2.53. The fourth-order valence-electron chi connectivity index (χ4n) is 2.50. The minimum absolute atomic E-state index is 0.551. The van der Waals surface area contributed by atoms with Crippen molar-refractivity contribution >= 4 is 11.3 Å². The molecule has 1 unspecified atom stereocenters. The molecule has 1 saturated carbocycles. The number of rotatable bonds is 2. The molecule has 1 N–H and O–H groups in total. The predicted octanol–water partition coefficient (Wildman–Crippen LogP) is 3.14. The number of aromatic nitrogens is 1. The topological polar surface area (TPSA) is 24.9 Å². The van der Waals surface area contributed by atoms with Gasteiger partial charge in [0, 0.05) is 10.8 Å². The van der Waals surface area contributed by atoms with Crippen LogP contribution in [0.1, 0.15) is 59.6 Å². The molecule has 0 amide bonds. The van der Waals surface area contributed by atoms with Crippen LogP contribution in [0.15, 0.2) is 0 Å². The van der Waals surface area contributed by atoms with E-state index in [0.29, 0.717) is 6.04 Å². The summed E-state index contributed by atoms with van der Waals surface area (Å²) in [7, 11) is 0. The molecule has 2 heterocycles. The molecule has 3 heteroatoms. The van der Waals surface area contributed by atoms with Crippen LogP contribution in [-0.4, -0.2) is 11.5 Å². The summed E-state index contributed by atoms with van der Waals surface area (Å²) >= 11 is 1.93. The molecule has 82 valence electrons. The zero-order chi connectivity index (χ0) is 10.3. The molecule has 15 heavy (non-hydrogen) atoms. The second kappa shape index (κ2) is 3.87. The van der Waals surface area contributed by atoms with Crippen LogP contribution >= 0.6 is 11.3 Å². The summed E-state index contributed by atoms with van der Waals surface area (Å²) in [6, 6.07) is 0.551. The number of hydrogen-bond donors (Lipinski definition) is 1. The quantitative estimate of drug-likeness (QED) is 0.831. The summed E-state index contributed by atoms with van der Waals surface area (Å²) in [6.45, 7) is 3.40. The maximum atomic E-state index is 4.87. The Labute approximate surface area is 95.1 Å². The Hall–Kier alpha value is -0.410. The average molecular weight is 222 g/mol. The minimum Gasteiger partial charge on any atom is -0.309 e. The molecule has 0 bridgehead atoms. The standard InChI is InChI=1S/C12H18N2S/c1-8-11(10-6-3-7-13-10)14-12(15-8)9-4-2-5-9/h9-10,13H,2-7H2,1H3. The summed E-state index contributed by atoms with van der Waals surface area (Å²) in [5, 5.41) is 4.95. The first-order chi connectivity index (χ1) is 7.34. The van der Waals surface area contributed by atoms with Crippen molar-refractivity contribution in [1.29, 1.82) is 0 Å². The molecule has 2 fully saturated rings. The molecule has 0 spiro atoms. The maximum Gasteiger partial charge on any atom is 0.0962 e. The van der Waals surface area contributed by atoms with E-state index in [0.717, 1.165) is 5.92 Å². The normalized spacial score (nSPS) is 26.9.